The van der Waals surface area contributed by atoms with E-state index in [2.05, 4.69) is 26.3 Å². The van der Waals surface area contributed by atoms with Crippen molar-refractivity contribution in [1.29, 1.82) is 0 Å². The maximum atomic E-state index is 12.9. The number of imide groups is 1. The molecule has 174 valence electrons. The van der Waals surface area contributed by atoms with E-state index in [9.17, 15) is 14.4 Å². The molecule has 3 aliphatic heterocycles. The van der Waals surface area contributed by atoms with E-state index in [-0.39, 0.29) is 24.3 Å². The highest BCUT2D eigenvalue weighted by Crippen LogP contribution is 2.31. The van der Waals surface area contributed by atoms with E-state index < -0.39 is 11.9 Å². The molecule has 2 atom stereocenters. The number of aromatic nitrogens is 2. The fourth-order valence-electron chi connectivity index (χ4n) is 5.24. The molecule has 2 unspecified atom stereocenters. The van der Waals surface area contributed by atoms with Crippen molar-refractivity contribution < 1.29 is 19.1 Å². The molecule has 9 heteroatoms. The number of hydrogen-bond donors (Lipinski definition) is 2. The van der Waals surface area contributed by atoms with Gasteiger partial charge in [-0.2, -0.15) is 0 Å². The topological polar surface area (TPSA) is 108 Å². The first-order chi connectivity index (χ1) is 16.5. The molecule has 9 nitrogen and oxygen atoms in total. The number of nitrogens with zero attached hydrogens (tertiary/aromatic N) is 3. The average Bonchev–Trinajstić information content (AvgIpc) is 3.53. The lowest BCUT2D eigenvalue weighted by atomic mass is 10.0. The highest BCUT2D eigenvalue weighted by Gasteiger charge is 2.39. The van der Waals surface area contributed by atoms with E-state index in [0.717, 1.165) is 48.4 Å². The molecule has 3 aromatic rings. The highest BCUT2D eigenvalue weighted by molar-refractivity contribution is 6.05. The van der Waals surface area contributed by atoms with E-state index in [1.54, 1.807) is 17.2 Å². The first-order valence-electron chi connectivity index (χ1n) is 11.6. The molecule has 2 saturated heterocycles. The normalized spacial score (nSPS) is 22.9. The number of H-pyrrole nitrogens is 1. The Hall–Kier alpha value is -3.72. The average molecular weight is 460 g/mol. The second-order valence-electron chi connectivity index (χ2n) is 9.20. The summed E-state index contributed by atoms with van der Waals surface area (Å²) in [4.78, 5) is 48.1. The lowest BCUT2D eigenvalue weighted by molar-refractivity contribution is -0.136. The number of benzene rings is 1. The van der Waals surface area contributed by atoms with Gasteiger partial charge in [0.25, 0.3) is 5.91 Å². The predicted molar refractivity (Wildman–Crippen MR) is 123 cm³/mol. The van der Waals surface area contributed by atoms with Crippen LogP contribution in [-0.4, -0.2) is 62.7 Å². The first kappa shape index (κ1) is 20.9. The standard InChI is InChI=1S/C25H25N5O4/c31-22-6-5-21(24(32)28-22)30-13-15-10-17(3-4-20(15)25(30)33)34-18-7-9-29(14-18)12-16-11-27-23-19(16)2-1-8-26-23/h1-4,8,10-11,18,21H,5-7,9,12-14H2,(H,26,27)(H,28,31,32). The maximum Gasteiger partial charge on any atom is 0.255 e. The van der Waals surface area contributed by atoms with E-state index in [0.29, 0.717) is 18.5 Å². The Kier molecular flexibility index (Phi) is 5.06. The lowest BCUT2D eigenvalue weighted by Gasteiger charge is -2.29. The van der Waals surface area contributed by atoms with Crippen LogP contribution in [0.3, 0.4) is 0 Å². The molecular weight excluding hydrogens is 434 g/mol. The van der Waals surface area contributed by atoms with Crippen LogP contribution < -0.4 is 10.1 Å². The van der Waals surface area contributed by atoms with Gasteiger partial charge >= 0.3 is 0 Å². The number of carbonyl (C=O) groups excluding carboxylic acids is 3. The van der Waals surface area contributed by atoms with Crippen LogP contribution in [0.2, 0.25) is 0 Å². The zero-order valence-corrected chi connectivity index (χ0v) is 18.6. The zero-order chi connectivity index (χ0) is 23.2. The van der Waals surface area contributed by atoms with Crippen molar-refractivity contribution in [2.24, 2.45) is 0 Å². The van der Waals surface area contributed by atoms with Gasteiger partial charge in [-0.15, -0.1) is 0 Å². The molecule has 2 aromatic heterocycles. The molecule has 6 rings (SSSR count). The van der Waals surface area contributed by atoms with Crippen molar-refractivity contribution in [3.63, 3.8) is 0 Å². The van der Waals surface area contributed by atoms with Crippen LogP contribution in [0.4, 0.5) is 0 Å². The Balaban J connectivity index is 1.10. The Labute approximate surface area is 196 Å². The Morgan fingerprint density at radius 1 is 1.15 bits per heavy atom. The van der Waals surface area contributed by atoms with Crippen LogP contribution in [0, 0.1) is 0 Å². The molecule has 0 radical (unpaired) electrons. The Morgan fingerprint density at radius 2 is 2.06 bits per heavy atom. The monoisotopic (exact) mass is 459 g/mol. The fourth-order valence-corrected chi connectivity index (χ4v) is 5.24. The molecule has 2 N–H and O–H groups in total. The summed E-state index contributed by atoms with van der Waals surface area (Å²) in [6.45, 7) is 2.96. The van der Waals surface area contributed by atoms with Crippen LogP contribution in [0.5, 0.6) is 5.75 Å². The number of fused-ring (bicyclic) bond motifs is 2. The number of aromatic amines is 1. The summed E-state index contributed by atoms with van der Waals surface area (Å²) in [5.41, 5.74) is 3.59. The molecule has 0 aliphatic carbocycles. The number of piperidine rings is 1. The summed E-state index contributed by atoms with van der Waals surface area (Å²) >= 11 is 0. The van der Waals surface area contributed by atoms with Gasteiger partial charge in [-0.05, 0) is 54.3 Å². The molecule has 5 heterocycles. The highest BCUT2D eigenvalue weighted by atomic mass is 16.5. The molecule has 1 aromatic carbocycles. The molecule has 3 aliphatic rings. The van der Waals surface area contributed by atoms with Gasteiger partial charge in [0.15, 0.2) is 0 Å². The van der Waals surface area contributed by atoms with E-state index in [4.69, 9.17) is 4.74 Å². The number of likely N-dealkylation sites (tertiary alicyclic amines) is 1. The maximum absolute atomic E-state index is 12.9. The van der Waals surface area contributed by atoms with Crippen molar-refractivity contribution in [2.45, 2.75) is 44.5 Å². The Morgan fingerprint density at radius 3 is 2.94 bits per heavy atom. The van der Waals surface area contributed by atoms with Gasteiger partial charge < -0.3 is 14.6 Å². The molecule has 3 amide bonds. The van der Waals surface area contributed by atoms with Crippen LogP contribution in [-0.2, 0) is 22.7 Å². The third kappa shape index (κ3) is 3.71. The second kappa shape index (κ2) is 8.25. The summed E-state index contributed by atoms with van der Waals surface area (Å²) in [7, 11) is 0. The third-order valence-corrected chi connectivity index (χ3v) is 6.96. The summed E-state index contributed by atoms with van der Waals surface area (Å²) in [6, 6.07) is 8.96. The van der Waals surface area contributed by atoms with Gasteiger partial charge in [0, 0.05) is 55.9 Å². The number of hydrogen-bond acceptors (Lipinski definition) is 6. The zero-order valence-electron chi connectivity index (χ0n) is 18.6. The van der Waals surface area contributed by atoms with Crippen molar-refractivity contribution >= 4 is 28.8 Å². The van der Waals surface area contributed by atoms with Gasteiger partial charge in [0.2, 0.25) is 11.8 Å². The number of carbonyl (C=O) groups is 3. The summed E-state index contributed by atoms with van der Waals surface area (Å²) in [6.07, 6.45) is 5.42. The number of nitrogens with one attached hydrogen (secondary N) is 2. The van der Waals surface area contributed by atoms with Crippen LogP contribution in [0.25, 0.3) is 11.0 Å². The fraction of sp³-hybridized carbons (Fsp3) is 0.360. The first-order valence-corrected chi connectivity index (χ1v) is 11.6. The molecule has 0 spiro atoms. The van der Waals surface area contributed by atoms with Crippen molar-refractivity contribution in [1.82, 2.24) is 25.1 Å². The quantitative estimate of drug-likeness (QED) is 0.565. The molecular formula is C25H25N5O4. The van der Waals surface area contributed by atoms with Crippen LogP contribution in [0.1, 0.15) is 40.7 Å². The van der Waals surface area contributed by atoms with Crippen molar-refractivity contribution in [3.8, 4) is 5.75 Å². The predicted octanol–water partition coefficient (Wildman–Crippen LogP) is 1.98. The molecule has 0 bridgehead atoms. The summed E-state index contributed by atoms with van der Waals surface area (Å²) in [5.74, 6) is -0.116. The van der Waals surface area contributed by atoms with Gasteiger partial charge in [-0.3, -0.25) is 24.6 Å². The minimum atomic E-state index is -0.606. The van der Waals surface area contributed by atoms with E-state index in [1.807, 2.05) is 24.4 Å². The number of amides is 3. The molecule has 0 saturated carbocycles. The number of rotatable bonds is 5. The Bertz CT molecular complexity index is 1300. The smallest absolute Gasteiger partial charge is 0.255 e. The molecule has 2 fully saturated rings. The SMILES string of the molecule is O=C1CCC(N2Cc3cc(OC4CCN(Cc5c[nH]c6ncccc56)C4)ccc3C2=O)C(=O)N1. The van der Waals surface area contributed by atoms with E-state index >= 15 is 0 Å². The van der Waals surface area contributed by atoms with Gasteiger partial charge in [0.1, 0.15) is 23.5 Å². The summed E-state index contributed by atoms with van der Waals surface area (Å²) in [5, 5.41) is 3.48. The van der Waals surface area contributed by atoms with Crippen molar-refractivity contribution in [2.75, 3.05) is 13.1 Å². The minimum Gasteiger partial charge on any atom is -0.489 e. The third-order valence-electron chi connectivity index (χ3n) is 6.96. The number of ether oxygens (including phenoxy) is 1. The lowest BCUT2D eigenvalue weighted by Crippen LogP contribution is -2.52. The van der Waals surface area contributed by atoms with Gasteiger partial charge in [0.05, 0.1) is 0 Å². The minimum absolute atomic E-state index is 0.0738. The van der Waals surface area contributed by atoms with Crippen LogP contribution >= 0.6 is 0 Å². The van der Waals surface area contributed by atoms with Crippen molar-refractivity contribution in [3.05, 3.63) is 59.4 Å². The van der Waals surface area contributed by atoms with Gasteiger partial charge in [-0.25, -0.2) is 4.98 Å². The summed E-state index contributed by atoms with van der Waals surface area (Å²) < 4.78 is 6.27. The largest absolute Gasteiger partial charge is 0.489 e. The molecule has 34 heavy (non-hydrogen) atoms. The second-order valence-corrected chi connectivity index (χ2v) is 9.20. The van der Waals surface area contributed by atoms with Gasteiger partial charge in [-0.1, -0.05) is 0 Å². The van der Waals surface area contributed by atoms with E-state index in [1.165, 1.54) is 5.56 Å². The van der Waals surface area contributed by atoms with Crippen LogP contribution in [0.15, 0.2) is 42.7 Å². The number of pyridine rings is 1.